The predicted molar refractivity (Wildman–Crippen MR) is 81.5 cm³/mol. The molecule has 0 aromatic carbocycles. The quantitative estimate of drug-likeness (QED) is 0.924. The Morgan fingerprint density at radius 2 is 2.19 bits per heavy atom. The van der Waals surface area contributed by atoms with Gasteiger partial charge in [-0.1, -0.05) is 0 Å². The fourth-order valence-corrected chi connectivity index (χ4v) is 2.95. The highest BCUT2D eigenvalue weighted by Gasteiger charge is 2.20. The molecule has 2 saturated heterocycles. The molecule has 1 aromatic heterocycles. The lowest BCUT2D eigenvalue weighted by atomic mass is 10.1. The lowest BCUT2D eigenvalue weighted by Crippen LogP contribution is -2.36. The first-order chi connectivity index (χ1) is 10.3. The number of ether oxygens (including phenoxy) is 1. The van der Waals surface area contributed by atoms with E-state index in [4.69, 9.17) is 4.74 Å². The highest BCUT2D eigenvalue weighted by atomic mass is 16.5. The molecule has 0 spiro atoms. The maximum Gasteiger partial charge on any atom is 0.272 e. The SMILES string of the molecule is O=C(c1cc(NCC2CCCO2)ccn1)N1CCCCC1. The molecular formula is C16H23N3O2. The molecule has 3 heterocycles. The first-order valence-corrected chi connectivity index (χ1v) is 7.94. The molecule has 2 aliphatic rings. The number of hydrogen-bond donors (Lipinski definition) is 1. The maximum atomic E-state index is 12.4. The smallest absolute Gasteiger partial charge is 0.272 e. The number of hydrogen-bond acceptors (Lipinski definition) is 4. The summed E-state index contributed by atoms with van der Waals surface area (Å²) in [6, 6.07) is 3.76. The third-order valence-corrected chi connectivity index (χ3v) is 4.18. The Morgan fingerprint density at radius 3 is 2.95 bits per heavy atom. The van der Waals surface area contributed by atoms with Gasteiger partial charge in [0.15, 0.2) is 0 Å². The first-order valence-electron chi connectivity index (χ1n) is 7.94. The number of nitrogens with one attached hydrogen (secondary N) is 1. The third kappa shape index (κ3) is 3.73. The van der Waals surface area contributed by atoms with Crippen molar-refractivity contribution in [1.82, 2.24) is 9.88 Å². The van der Waals surface area contributed by atoms with Gasteiger partial charge in [-0.15, -0.1) is 0 Å². The molecule has 3 rings (SSSR count). The number of anilines is 1. The Bertz CT molecular complexity index is 480. The van der Waals surface area contributed by atoms with Crippen molar-refractivity contribution in [2.75, 3.05) is 31.6 Å². The Balaban J connectivity index is 1.60. The van der Waals surface area contributed by atoms with Gasteiger partial charge in [0.05, 0.1) is 6.10 Å². The van der Waals surface area contributed by atoms with Crippen molar-refractivity contribution in [3.8, 4) is 0 Å². The summed E-state index contributed by atoms with van der Waals surface area (Å²) in [6.07, 6.45) is 7.67. The van der Waals surface area contributed by atoms with Gasteiger partial charge in [0.25, 0.3) is 5.91 Å². The molecule has 0 radical (unpaired) electrons. The van der Waals surface area contributed by atoms with E-state index in [2.05, 4.69) is 10.3 Å². The van der Waals surface area contributed by atoms with Crippen molar-refractivity contribution >= 4 is 11.6 Å². The summed E-state index contributed by atoms with van der Waals surface area (Å²) in [5.41, 5.74) is 1.48. The molecule has 1 unspecified atom stereocenters. The molecule has 0 saturated carbocycles. The summed E-state index contributed by atoms with van der Waals surface area (Å²) < 4.78 is 5.59. The standard InChI is InChI=1S/C16H23N3O2/c20-16(19-8-2-1-3-9-19)15-11-13(6-7-17-15)18-12-14-5-4-10-21-14/h6-7,11,14H,1-5,8-10,12H2,(H,17,18). The van der Waals surface area contributed by atoms with Crippen LogP contribution in [0, 0.1) is 0 Å². The van der Waals surface area contributed by atoms with Gasteiger partial charge < -0.3 is 15.0 Å². The van der Waals surface area contributed by atoms with Crippen LogP contribution in [0.25, 0.3) is 0 Å². The van der Waals surface area contributed by atoms with Crippen molar-refractivity contribution in [2.24, 2.45) is 0 Å². The van der Waals surface area contributed by atoms with Gasteiger partial charge in [0.2, 0.25) is 0 Å². The van der Waals surface area contributed by atoms with E-state index in [9.17, 15) is 4.79 Å². The summed E-state index contributed by atoms with van der Waals surface area (Å²) in [4.78, 5) is 18.6. The van der Waals surface area contributed by atoms with E-state index in [0.29, 0.717) is 11.8 Å². The van der Waals surface area contributed by atoms with Gasteiger partial charge >= 0.3 is 0 Å². The number of piperidine rings is 1. The second kappa shape index (κ2) is 6.89. The molecule has 1 atom stereocenters. The molecule has 1 amide bonds. The minimum atomic E-state index is 0.0514. The van der Waals surface area contributed by atoms with Crippen molar-refractivity contribution in [3.63, 3.8) is 0 Å². The summed E-state index contributed by atoms with van der Waals surface area (Å²) in [7, 11) is 0. The van der Waals surface area contributed by atoms with Crippen molar-refractivity contribution in [3.05, 3.63) is 24.0 Å². The molecule has 0 bridgehead atoms. The van der Waals surface area contributed by atoms with Gasteiger partial charge in [-0.25, -0.2) is 0 Å². The molecule has 1 N–H and O–H groups in total. The molecular weight excluding hydrogens is 266 g/mol. The van der Waals surface area contributed by atoms with E-state index in [1.807, 2.05) is 17.0 Å². The molecule has 0 aliphatic carbocycles. The van der Waals surface area contributed by atoms with Crippen LogP contribution in [-0.4, -0.2) is 48.1 Å². The van der Waals surface area contributed by atoms with Gasteiger partial charge in [0.1, 0.15) is 5.69 Å². The summed E-state index contributed by atoms with van der Waals surface area (Å²) >= 11 is 0. The number of carbonyl (C=O) groups is 1. The van der Waals surface area contributed by atoms with Crippen LogP contribution >= 0.6 is 0 Å². The molecule has 1 aromatic rings. The number of amides is 1. The van der Waals surface area contributed by atoms with Gasteiger partial charge in [-0.2, -0.15) is 0 Å². The van der Waals surface area contributed by atoms with Gasteiger partial charge in [0, 0.05) is 38.1 Å². The van der Waals surface area contributed by atoms with E-state index in [1.165, 1.54) is 6.42 Å². The van der Waals surface area contributed by atoms with E-state index in [1.54, 1.807) is 6.20 Å². The minimum Gasteiger partial charge on any atom is -0.382 e. The molecule has 5 heteroatoms. The van der Waals surface area contributed by atoms with Crippen molar-refractivity contribution < 1.29 is 9.53 Å². The largest absolute Gasteiger partial charge is 0.382 e. The summed E-state index contributed by atoms with van der Waals surface area (Å²) in [5.74, 6) is 0.0514. The van der Waals surface area contributed by atoms with Gasteiger partial charge in [-0.05, 0) is 44.2 Å². The van der Waals surface area contributed by atoms with E-state index in [0.717, 1.165) is 57.6 Å². The molecule has 2 aliphatic heterocycles. The average molecular weight is 289 g/mol. The Labute approximate surface area is 125 Å². The van der Waals surface area contributed by atoms with E-state index in [-0.39, 0.29) is 5.91 Å². The zero-order valence-electron chi connectivity index (χ0n) is 12.4. The second-order valence-corrected chi connectivity index (χ2v) is 5.80. The molecule has 2 fully saturated rings. The summed E-state index contributed by atoms with van der Waals surface area (Å²) in [6.45, 7) is 3.37. The normalized spacial score (nSPS) is 22.3. The molecule has 21 heavy (non-hydrogen) atoms. The first kappa shape index (κ1) is 14.3. The number of rotatable bonds is 4. The topological polar surface area (TPSA) is 54.5 Å². The fourth-order valence-electron chi connectivity index (χ4n) is 2.95. The Morgan fingerprint density at radius 1 is 1.33 bits per heavy atom. The lowest BCUT2D eigenvalue weighted by molar-refractivity contribution is 0.0718. The Kier molecular flexibility index (Phi) is 4.70. The number of aromatic nitrogens is 1. The van der Waals surface area contributed by atoms with Crippen LogP contribution in [0.4, 0.5) is 5.69 Å². The van der Waals surface area contributed by atoms with Crippen LogP contribution in [0.15, 0.2) is 18.3 Å². The van der Waals surface area contributed by atoms with Crippen molar-refractivity contribution in [2.45, 2.75) is 38.2 Å². The highest BCUT2D eigenvalue weighted by molar-refractivity contribution is 5.93. The minimum absolute atomic E-state index is 0.0514. The zero-order chi connectivity index (χ0) is 14.5. The second-order valence-electron chi connectivity index (χ2n) is 5.80. The van der Waals surface area contributed by atoms with E-state index >= 15 is 0 Å². The number of likely N-dealkylation sites (tertiary alicyclic amines) is 1. The maximum absolute atomic E-state index is 12.4. The number of carbonyl (C=O) groups excluding carboxylic acids is 1. The van der Waals surface area contributed by atoms with Gasteiger partial charge in [-0.3, -0.25) is 9.78 Å². The van der Waals surface area contributed by atoms with Crippen LogP contribution in [-0.2, 0) is 4.74 Å². The molecule has 5 nitrogen and oxygen atoms in total. The Hall–Kier alpha value is -1.62. The lowest BCUT2D eigenvalue weighted by Gasteiger charge is -2.26. The fraction of sp³-hybridized carbons (Fsp3) is 0.625. The third-order valence-electron chi connectivity index (χ3n) is 4.18. The summed E-state index contributed by atoms with van der Waals surface area (Å²) in [5, 5.41) is 3.35. The monoisotopic (exact) mass is 289 g/mol. The van der Waals surface area contributed by atoms with Crippen LogP contribution < -0.4 is 5.32 Å². The molecule has 114 valence electrons. The number of nitrogens with zero attached hydrogens (tertiary/aromatic N) is 2. The zero-order valence-corrected chi connectivity index (χ0v) is 12.4. The van der Waals surface area contributed by atoms with Crippen LogP contribution in [0.3, 0.4) is 0 Å². The van der Waals surface area contributed by atoms with Crippen LogP contribution in [0.1, 0.15) is 42.6 Å². The number of pyridine rings is 1. The highest BCUT2D eigenvalue weighted by Crippen LogP contribution is 2.16. The average Bonchev–Trinajstić information content (AvgIpc) is 3.07. The van der Waals surface area contributed by atoms with E-state index < -0.39 is 0 Å². The van der Waals surface area contributed by atoms with Crippen LogP contribution in [0.5, 0.6) is 0 Å². The van der Waals surface area contributed by atoms with Crippen molar-refractivity contribution in [1.29, 1.82) is 0 Å². The predicted octanol–water partition coefficient (Wildman–Crippen LogP) is 2.30. The van der Waals surface area contributed by atoms with Crippen LogP contribution in [0.2, 0.25) is 0 Å².